The number of allylic oxidation sites excluding steroid dienone is 1. The van der Waals surface area contributed by atoms with Crippen LogP contribution in [0.2, 0.25) is 0 Å². The van der Waals surface area contributed by atoms with Crippen molar-refractivity contribution in [1.82, 2.24) is 0 Å². The summed E-state index contributed by atoms with van der Waals surface area (Å²) in [7, 11) is 0. The molecule has 9 heavy (non-hydrogen) atoms. The Morgan fingerprint density at radius 1 is 1.56 bits per heavy atom. The summed E-state index contributed by atoms with van der Waals surface area (Å²) in [6.45, 7) is 2.44. The predicted octanol–water partition coefficient (Wildman–Crippen LogP) is 2.49. The molecule has 1 nitrogen and oxygen atoms in total. The molecule has 0 saturated carbocycles. The van der Waals surface area contributed by atoms with Crippen molar-refractivity contribution in [3.8, 4) is 0 Å². The minimum atomic E-state index is 0.328. The Morgan fingerprint density at radius 3 is 2.67 bits per heavy atom. The molecule has 0 saturated heterocycles. The van der Waals surface area contributed by atoms with Crippen molar-refractivity contribution < 1.29 is 5.11 Å². The van der Waals surface area contributed by atoms with Crippen LogP contribution >= 0.6 is 22.6 Å². The fourth-order valence-electron chi connectivity index (χ4n) is 0.570. The highest BCUT2D eigenvalue weighted by Crippen LogP contribution is 2.07. The summed E-state index contributed by atoms with van der Waals surface area (Å²) in [6, 6.07) is 0. The Morgan fingerprint density at radius 2 is 2.22 bits per heavy atom. The molecular weight excluding hydrogens is 227 g/mol. The first-order valence-corrected chi connectivity index (χ1v) is 4.42. The molecule has 1 N–H and O–H groups in total. The number of hydrogen-bond acceptors (Lipinski definition) is 1. The van der Waals surface area contributed by atoms with Gasteiger partial charge in [-0.3, -0.25) is 0 Å². The van der Waals surface area contributed by atoms with Gasteiger partial charge >= 0.3 is 0 Å². The third-order valence-electron chi connectivity index (χ3n) is 1.17. The van der Waals surface area contributed by atoms with Gasteiger partial charge in [0.25, 0.3) is 0 Å². The summed E-state index contributed by atoms with van der Waals surface area (Å²) in [5.41, 5.74) is 1.41. The maximum atomic E-state index is 8.43. The molecule has 0 bridgehead atoms. The van der Waals surface area contributed by atoms with Crippen LogP contribution in [-0.2, 0) is 0 Å². The molecule has 0 aliphatic heterocycles. The lowest BCUT2D eigenvalue weighted by Crippen LogP contribution is -1.82. The minimum absolute atomic E-state index is 0.328. The standard InChI is InChI=1S/C7H13IO/c1-7(6-8)4-2-3-5-9/h6,9H,2-5H2,1H3/b7-6+. The van der Waals surface area contributed by atoms with Crippen molar-refractivity contribution in [2.45, 2.75) is 26.2 Å². The smallest absolute Gasteiger partial charge is 0.0431 e. The third kappa shape index (κ3) is 6.31. The maximum Gasteiger partial charge on any atom is 0.0431 e. The van der Waals surface area contributed by atoms with Crippen molar-refractivity contribution in [1.29, 1.82) is 0 Å². The van der Waals surface area contributed by atoms with Crippen molar-refractivity contribution in [2.24, 2.45) is 0 Å². The maximum absolute atomic E-state index is 8.43. The summed E-state index contributed by atoms with van der Waals surface area (Å²) in [5.74, 6) is 0. The number of rotatable bonds is 4. The van der Waals surface area contributed by atoms with E-state index in [9.17, 15) is 0 Å². The molecule has 0 spiro atoms. The summed E-state index contributed by atoms with van der Waals surface area (Å²) in [6.07, 6.45) is 3.17. The number of halogens is 1. The SMILES string of the molecule is C/C(=C\I)CCCCO. The van der Waals surface area contributed by atoms with Crippen LogP contribution < -0.4 is 0 Å². The van der Waals surface area contributed by atoms with Gasteiger partial charge in [-0.2, -0.15) is 0 Å². The molecule has 0 fully saturated rings. The fourth-order valence-corrected chi connectivity index (χ4v) is 0.882. The van der Waals surface area contributed by atoms with E-state index in [0.717, 1.165) is 19.3 Å². The van der Waals surface area contributed by atoms with Crippen molar-refractivity contribution >= 4 is 22.6 Å². The zero-order valence-electron chi connectivity index (χ0n) is 5.73. The quantitative estimate of drug-likeness (QED) is 0.591. The molecule has 0 aromatic heterocycles. The van der Waals surface area contributed by atoms with E-state index < -0.39 is 0 Å². The van der Waals surface area contributed by atoms with Gasteiger partial charge in [-0.15, -0.1) is 0 Å². The van der Waals surface area contributed by atoms with Crippen LogP contribution in [0.15, 0.2) is 9.66 Å². The molecule has 0 unspecified atom stereocenters. The van der Waals surface area contributed by atoms with Gasteiger partial charge in [-0.05, 0) is 30.3 Å². The van der Waals surface area contributed by atoms with Crippen LogP contribution in [0.5, 0.6) is 0 Å². The minimum Gasteiger partial charge on any atom is -0.396 e. The van der Waals surface area contributed by atoms with E-state index in [-0.39, 0.29) is 0 Å². The van der Waals surface area contributed by atoms with Gasteiger partial charge in [0.05, 0.1) is 0 Å². The van der Waals surface area contributed by atoms with Gasteiger partial charge in [0, 0.05) is 6.61 Å². The monoisotopic (exact) mass is 240 g/mol. The highest BCUT2D eigenvalue weighted by molar-refractivity contribution is 14.1. The normalized spacial score (nSPS) is 12.1. The van der Waals surface area contributed by atoms with Gasteiger partial charge in [0.1, 0.15) is 0 Å². The lowest BCUT2D eigenvalue weighted by molar-refractivity contribution is 0.284. The first kappa shape index (κ1) is 9.43. The number of aliphatic hydroxyl groups is 1. The molecule has 54 valence electrons. The molecule has 0 aromatic rings. The Labute approximate surface area is 70.3 Å². The van der Waals surface area contributed by atoms with E-state index in [1.165, 1.54) is 5.57 Å². The van der Waals surface area contributed by atoms with Crippen LogP contribution in [0, 0.1) is 0 Å². The van der Waals surface area contributed by atoms with Crippen molar-refractivity contribution in [3.05, 3.63) is 9.66 Å². The van der Waals surface area contributed by atoms with Gasteiger partial charge in [0.2, 0.25) is 0 Å². The first-order valence-electron chi connectivity index (χ1n) is 3.18. The van der Waals surface area contributed by atoms with Crippen LogP contribution in [-0.4, -0.2) is 11.7 Å². The molecule has 0 rings (SSSR count). The third-order valence-corrected chi connectivity index (χ3v) is 2.23. The van der Waals surface area contributed by atoms with E-state index in [1.54, 1.807) is 0 Å². The molecule has 0 aliphatic carbocycles. The molecule has 0 aromatic carbocycles. The van der Waals surface area contributed by atoms with Crippen molar-refractivity contribution in [2.75, 3.05) is 6.61 Å². The second-order valence-corrected chi connectivity index (χ2v) is 2.76. The topological polar surface area (TPSA) is 20.2 Å². The van der Waals surface area contributed by atoms with Gasteiger partial charge in [-0.1, -0.05) is 28.2 Å². The second-order valence-electron chi connectivity index (χ2n) is 2.14. The number of hydrogen-bond donors (Lipinski definition) is 1. The number of aliphatic hydroxyl groups excluding tert-OH is 1. The molecule has 0 heterocycles. The lowest BCUT2D eigenvalue weighted by Gasteiger charge is -1.96. The molecule has 0 aliphatic rings. The Hall–Kier alpha value is 0.430. The Bertz CT molecular complexity index is 88.9. The highest BCUT2D eigenvalue weighted by atomic mass is 127. The predicted molar refractivity (Wildman–Crippen MR) is 48.7 cm³/mol. The first-order chi connectivity index (χ1) is 4.31. The molecule has 0 atom stereocenters. The van der Waals surface area contributed by atoms with Crippen LogP contribution in [0.4, 0.5) is 0 Å². The van der Waals surface area contributed by atoms with Crippen LogP contribution in [0.25, 0.3) is 0 Å². The molecular formula is C7H13IO. The van der Waals surface area contributed by atoms with Crippen LogP contribution in [0.3, 0.4) is 0 Å². The number of unbranched alkanes of at least 4 members (excludes halogenated alkanes) is 1. The molecule has 2 heteroatoms. The van der Waals surface area contributed by atoms with Crippen LogP contribution in [0.1, 0.15) is 26.2 Å². The average molecular weight is 240 g/mol. The van der Waals surface area contributed by atoms with E-state index >= 15 is 0 Å². The molecule has 0 radical (unpaired) electrons. The zero-order valence-corrected chi connectivity index (χ0v) is 7.89. The zero-order chi connectivity index (χ0) is 7.11. The van der Waals surface area contributed by atoms with Gasteiger partial charge < -0.3 is 5.11 Å². The Balaban J connectivity index is 3.07. The summed E-state index contributed by atoms with van der Waals surface area (Å²) < 4.78 is 2.09. The average Bonchev–Trinajstić information content (AvgIpc) is 1.89. The van der Waals surface area contributed by atoms with Crippen molar-refractivity contribution in [3.63, 3.8) is 0 Å². The van der Waals surface area contributed by atoms with E-state index in [0.29, 0.717) is 6.61 Å². The summed E-state index contributed by atoms with van der Waals surface area (Å²) >= 11 is 2.24. The second kappa shape index (κ2) is 6.55. The van der Waals surface area contributed by atoms with E-state index in [4.69, 9.17) is 5.11 Å². The largest absolute Gasteiger partial charge is 0.396 e. The van der Waals surface area contributed by atoms with Gasteiger partial charge in [0.15, 0.2) is 0 Å². The Kier molecular flexibility index (Phi) is 6.86. The lowest BCUT2D eigenvalue weighted by atomic mass is 10.1. The van der Waals surface area contributed by atoms with E-state index in [2.05, 4.69) is 33.6 Å². The summed E-state index contributed by atoms with van der Waals surface area (Å²) in [5, 5.41) is 8.43. The summed E-state index contributed by atoms with van der Waals surface area (Å²) in [4.78, 5) is 0. The fraction of sp³-hybridized carbons (Fsp3) is 0.714. The molecule has 0 amide bonds. The van der Waals surface area contributed by atoms with E-state index in [1.807, 2.05) is 0 Å². The van der Waals surface area contributed by atoms with Gasteiger partial charge in [-0.25, -0.2) is 0 Å². The highest BCUT2D eigenvalue weighted by Gasteiger charge is 1.87.